The zero-order chi connectivity index (χ0) is 18.2. The molecular weight excluding hydrogens is 354 g/mol. The van der Waals surface area contributed by atoms with Crippen molar-refractivity contribution >= 4 is 35.1 Å². The molecular formula is C20H18ClNO4. The molecule has 4 aliphatic rings. The monoisotopic (exact) mass is 371 g/mol. The predicted molar refractivity (Wildman–Crippen MR) is 94.7 cm³/mol. The van der Waals surface area contributed by atoms with Gasteiger partial charge < -0.3 is 4.74 Å². The fourth-order valence-electron chi connectivity index (χ4n) is 5.35. The number of esters is 1. The van der Waals surface area contributed by atoms with Gasteiger partial charge in [-0.3, -0.25) is 9.59 Å². The first-order valence-electron chi connectivity index (χ1n) is 9.02. The van der Waals surface area contributed by atoms with E-state index >= 15 is 0 Å². The Balaban J connectivity index is 1.51. The van der Waals surface area contributed by atoms with E-state index in [2.05, 4.69) is 12.2 Å². The van der Waals surface area contributed by atoms with Crippen LogP contribution in [0.4, 0.5) is 5.69 Å². The van der Waals surface area contributed by atoms with Gasteiger partial charge in [-0.05, 0) is 55.2 Å². The zero-order valence-electron chi connectivity index (χ0n) is 14.3. The summed E-state index contributed by atoms with van der Waals surface area (Å²) in [5.74, 6) is -1.03. The molecule has 3 aliphatic carbocycles. The Morgan fingerprint density at radius 3 is 2.35 bits per heavy atom. The number of benzene rings is 1. The summed E-state index contributed by atoms with van der Waals surface area (Å²) < 4.78 is 5.01. The molecule has 0 aromatic heterocycles. The third kappa shape index (κ3) is 1.84. The largest absolute Gasteiger partial charge is 0.462 e. The number of nitrogens with zero attached hydrogens (tertiary/aromatic N) is 1. The van der Waals surface area contributed by atoms with Gasteiger partial charge >= 0.3 is 5.97 Å². The van der Waals surface area contributed by atoms with Crippen molar-refractivity contribution in [2.45, 2.75) is 19.8 Å². The maximum atomic E-state index is 13.1. The van der Waals surface area contributed by atoms with Gasteiger partial charge in [0.2, 0.25) is 11.8 Å². The van der Waals surface area contributed by atoms with Crippen LogP contribution in [0.15, 0.2) is 30.4 Å². The molecule has 1 heterocycles. The van der Waals surface area contributed by atoms with Gasteiger partial charge in [0.1, 0.15) is 0 Å². The maximum Gasteiger partial charge on any atom is 0.339 e. The Bertz CT molecular complexity index is 854. The lowest BCUT2D eigenvalue weighted by Crippen LogP contribution is -2.34. The molecule has 1 spiro atoms. The quantitative estimate of drug-likeness (QED) is 0.465. The molecule has 0 unspecified atom stereocenters. The molecule has 2 amide bonds. The van der Waals surface area contributed by atoms with Gasteiger partial charge in [0, 0.05) is 0 Å². The lowest BCUT2D eigenvalue weighted by molar-refractivity contribution is -0.123. The van der Waals surface area contributed by atoms with E-state index in [1.165, 1.54) is 17.0 Å². The van der Waals surface area contributed by atoms with Gasteiger partial charge in [-0.1, -0.05) is 23.8 Å². The van der Waals surface area contributed by atoms with E-state index in [1.807, 2.05) is 0 Å². The van der Waals surface area contributed by atoms with Crippen molar-refractivity contribution in [3.05, 3.63) is 40.9 Å². The van der Waals surface area contributed by atoms with Crippen LogP contribution < -0.4 is 4.90 Å². The van der Waals surface area contributed by atoms with Crippen molar-refractivity contribution in [3.63, 3.8) is 0 Å². The minimum atomic E-state index is -0.558. The minimum absolute atomic E-state index is 0.153. The Morgan fingerprint density at radius 1 is 1.19 bits per heavy atom. The average Bonchev–Trinajstić information content (AvgIpc) is 3.21. The highest BCUT2D eigenvalue weighted by molar-refractivity contribution is 6.34. The van der Waals surface area contributed by atoms with Crippen molar-refractivity contribution in [3.8, 4) is 0 Å². The van der Waals surface area contributed by atoms with E-state index in [0.29, 0.717) is 5.69 Å². The first-order chi connectivity index (χ1) is 12.5. The lowest BCUT2D eigenvalue weighted by Gasteiger charge is -2.22. The molecule has 6 heteroatoms. The SMILES string of the molecule is CCOC(=O)c1cc(N2C(=O)[C@H]3[C@H](C2=O)[C@H]2C=C[C@H]3C23CC3)ccc1Cl. The summed E-state index contributed by atoms with van der Waals surface area (Å²) in [7, 11) is 0. The van der Waals surface area contributed by atoms with Gasteiger partial charge in [-0.15, -0.1) is 0 Å². The topological polar surface area (TPSA) is 63.7 Å². The molecule has 0 radical (unpaired) electrons. The fraction of sp³-hybridized carbons (Fsp3) is 0.450. The van der Waals surface area contributed by atoms with Crippen molar-refractivity contribution < 1.29 is 19.1 Å². The van der Waals surface area contributed by atoms with Crippen molar-refractivity contribution in [2.75, 3.05) is 11.5 Å². The van der Waals surface area contributed by atoms with E-state index < -0.39 is 5.97 Å². The predicted octanol–water partition coefficient (Wildman–Crippen LogP) is 3.22. The number of carbonyl (C=O) groups is 3. The highest BCUT2D eigenvalue weighted by Gasteiger charge is 2.73. The molecule has 134 valence electrons. The van der Waals surface area contributed by atoms with E-state index in [9.17, 15) is 14.4 Å². The van der Waals surface area contributed by atoms with Crippen LogP contribution in [0.2, 0.25) is 5.02 Å². The fourth-order valence-corrected chi connectivity index (χ4v) is 5.55. The van der Waals surface area contributed by atoms with Crippen LogP contribution in [-0.4, -0.2) is 24.4 Å². The Kier molecular flexibility index (Phi) is 3.21. The molecule has 5 rings (SSSR count). The summed E-state index contributed by atoms with van der Waals surface area (Å²) >= 11 is 6.10. The number of halogens is 1. The van der Waals surface area contributed by atoms with E-state index in [4.69, 9.17) is 16.3 Å². The van der Waals surface area contributed by atoms with Crippen LogP contribution in [0.3, 0.4) is 0 Å². The number of rotatable bonds is 3. The number of anilines is 1. The second-order valence-electron chi connectivity index (χ2n) is 7.62. The number of carbonyl (C=O) groups excluding carboxylic acids is 3. The average molecular weight is 372 g/mol. The molecule has 26 heavy (non-hydrogen) atoms. The van der Waals surface area contributed by atoms with Crippen molar-refractivity contribution in [1.82, 2.24) is 0 Å². The van der Waals surface area contributed by atoms with E-state index in [-0.39, 0.29) is 58.1 Å². The minimum Gasteiger partial charge on any atom is -0.462 e. The van der Waals surface area contributed by atoms with Gasteiger partial charge in [0.15, 0.2) is 0 Å². The first kappa shape index (κ1) is 16.1. The molecule has 5 nitrogen and oxygen atoms in total. The van der Waals surface area contributed by atoms with E-state index in [1.54, 1.807) is 13.0 Å². The summed E-state index contributed by atoms with van der Waals surface area (Å²) in [4.78, 5) is 39.6. The normalized spacial score (nSPS) is 32.5. The Hall–Kier alpha value is -2.14. The summed E-state index contributed by atoms with van der Waals surface area (Å²) in [6.45, 7) is 1.93. The molecule has 2 saturated carbocycles. The van der Waals surface area contributed by atoms with Gasteiger partial charge in [0.25, 0.3) is 0 Å². The zero-order valence-corrected chi connectivity index (χ0v) is 15.0. The van der Waals surface area contributed by atoms with Gasteiger partial charge in [0.05, 0.1) is 34.7 Å². The van der Waals surface area contributed by atoms with Crippen LogP contribution in [0.1, 0.15) is 30.1 Å². The van der Waals surface area contributed by atoms with Crippen LogP contribution in [-0.2, 0) is 14.3 Å². The van der Waals surface area contributed by atoms with Crippen molar-refractivity contribution in [2.24, 2.45) is 29.1 Å². The van der Waals surface area contributed by atoms with Gasteiger partial charge in [-0.2, -0.15) is 0 Å². The van der Waals surface area contributed by atoms with E-state index in [0.717, 1.165) is 12.8 Å². The Morgan fingerprint density at radius 2 is 1.81 bits per heavy atom. The second kappa shape index (κ2) is 5.19. The summed E-state index contributed by atoms with van der Waals surface area (Å²) in [6.07, 6.45) is 6.49. The molecule has 0 N–H and O–H groups in total. The van der Waals surface area contributed by atoms with Crippen LogP contribution >= 0.6 is 11.6 Å². The standard InChI is InChI=1S/C20H18ClNO4/c1-2-26-19(25)11-9-10(3-6-14(11)21)22-17(23)15-12-4-5-13(16(15)18(22)24)20(12)7-8-20/h3-6,9,12-13,15-16H,2,7-8H2,1H3/t12-,13-,15-,16-/m1/s1. The smallest absolute Gasteiger partial charge is 0.339 e. The molecule has 1 aromatic carbocycles. The number of allylic oxidation sites excluding steroid dienone is 2. The van der Waals surface area contributed by atoms with Crippen molar-refractivity contribution in [1.29, 1.82) is 0 Å². The summed E-state index contributed by atoms with van der Waals surface area (Å²) in [5.41, 5.74) is 0.734. The molecule has 1 aliphatic heterocycles. The third-order valence-corrected chi connectivity index (χ3v) is 6.89. The Labute approximate surface area is 155 Å². The van der Waals surface area contributed by atoms with Gasteiger partial charge in [-0.25, -0.2) is 9.69 Å². The number of hydrogen-bond acceptors (Lipinski definition) is 4. The highest BCUT2D eigenvalue weighted by atomic mass is 35.5. The molecule has 1 saturated heterocycles. The summed E-state index contributed by atoms with van der Waals surface area (Å²) in [6, 6.07) is 4.64. The molecule has 3 fully saturated rings. The number of amides is 2. The number of hydrogen-bond donors (Lipinski definition) is 0. The number of ether oxygens (including phenoxy) is 1. The van der Waals surface area contributed by atoms with Crippen LogP contribution in [0.25, 0.3) is 0 Å². The lowest BCUT2D eigenvalue weighted by atomic mass is 9.85. The molecule has 1 aromatic rings. The molecule has 2 bridgehead atoms. The number of imide groups is 1. The number of fused-ring (bicyclic) bond motifs is 3. The maximum absolute atomic E-state index is 13.1. The van der Waals surface area contributed by atoms with Crippen LogP contribution in [0.5, 0.6) is 0 Å². The second-order valence-corrected chi connectivity index (χ2v) is 8.02. The first-order valence-corrected chi connectivity index (χ1v) is 9.40. The van der Waals surface area contributed by atoms with Crippen LogP contribution in [0, 0.1) is 29.1 Å². The molecule has 4 atom stereocenters. The third-order valence-electron chi connectivity index (χ3n) is 6.56. The summed E-state index contributed by atoms with van der Waals surface area (Å²) in [5, 5.41) is 0.241. The highest BCUT2D eigenvalue weighted by Crippen LogP contribution is 2.73.